The van der Waals surface area contributed by atoms with Gasteiger partial charge in [-0.25, -0.2) is 0 Å². The summed E-state index contributed by atoms with van der Waals surface area (Å²) in [6, 6.07) is 9.48. The summed E-state index contributed by atoms with van der Waals surface area (Å²) < 4.78 is 1.16. The summed E-state index contributed by atoms with van der Waals surface area (Å²) in [6.07, 6.45) is 6.90. The zero-order valence-electron chi connectivity index (χ0n) is 11.9. The quantitative estimate of drug-likeness (QED) is 0.874. The molecule has 1 aromatic rings. The number of hydrogen-bond acceptors (Lipinski definition) is 2. The Bertz CT molecular complexity index is 419. The first-order valence-electron chi connectivity index (χ1n) is 7.87. The third-order valence-electron chi connectivity index (χ3n) is 4.99. The molecule has 2 aliphatic carbocycles. The number of benzene rings is 1. The molecule has 0 radical (unpaired) electrons. The van der Waals surface area contributed by atoms with Crippen LogP contribution in [0.25, 0.3) is 0 Å². The van der Waals surface area contributed by atoms with Crippen molar-refractivity contribution in [1.82, 2.24) is 5.32 Å². The minimum atomic E-state index is -0.0308. The Morgan fingerprint density at radius 2 is 1.70 bits per heavy atom. The van der Waals surface area contributed by atoms with Crippen LogP contribution in [0, 0.1) is 5.92 Å². The topological polar surface area (TPSA) is 32.3 Å². The number of aliphatic hydroxyl groups is 1. The minimum Gasteiger partial charge on any atom is -0.393 e. The minimum absolute atomic E-state index is 0.0308. The van der Waals surface area contributed by atoms with Gasteiger partial charge in [-0.05, 0) is 74.6 Å². The van der Waals surface area contributed by atoms with E-state index < -0.39 is 0 Å². The van der Waals surface area contributed by atoms with Crippen molar-refractivity contribution < 1.29 is 5.11 Å². The van der Waals surface area contributed by atoms with Crippen LogP contribution in [0.5, 0.6) is 0 Å². The summed E-state index contributed by atoms with van der Waals surface area (Å²) in [7, 11) is 0. The van der Waals surface area contributed by atoms with Crippen LogP contribution >= 0.6 is 15.9 Å². The fraction of sp³-hybridized carbons (Fsp3) is 0.647. The number of nitrogens with one attached hydrogen (secondary N) is 1. The average Bonchev–Trinajstić information content (AvgIpc) is 2.41. The molecule has 2 N–H and O–H groups in total. The normalized spacial score (nSPS) is 33.7. The van der Waals surface area contributed by atoms with Gasteiger partial charge in [0.15, 0.2) is 0 Å². The van der Waals surface area contributed by atoms with Crippen LogP contribution in [-0.4, -0.2) is 23.8 Å². The van der Waals surface area contributed by atoms with Crippen LogP contribution in [-0.2, 0) is 0 Å². The van der Waals surface area contributed by atoms with Crippen LogP contribution in [0.15, 0.2) is 28.7 Å². The third-order valence-corrected chi connectivity index (χ3v) is 5.52. The van der Waals surface area contributed by atoms with Gasteiger partial charge >= 0.3 is 0 Å². The molecule has 1 aromatic carbocycles. The first-order valence-corrected chi connectivity index (χ1v) is 8.67. The summed E-state index contributed by atoms with van der Waals surface area (Å²) in [4.78, 5) is 0. The van der Waals surface area contributed by atoms with Crippen molar-refractivity contribution in [3.8, 4) is 0 Å². The Balaban J connectivity index is 1.37. The summed E-state index contributed by atoms with van der Waals surface area (Å²) in [5.74, 6) is 1.53. The molecule has 110 valence electrons. The lowest BCUT2D eigenvalue weighted by atomic mass is 9.75. The highest BCUT2D eigenvalue weighted by atomic mass is 79.9. The Kier molecular flexibility index (Phi) is 4.79. The fourth-order valence-corrected chi connectivity index (χ4v) is 3.74. The van der Waals surface area contributed by atoms with Gasteiger partial charge in [-0.1, -0.05) is 28.1 Å². The summed E-state index contributed by atoms with van der Waals surface area (Å²) in [6.45, 7) is 1.14. The molecule has 2 nitrogen and oxygen atoms in total. The molecular formula is C17H24BrNO. The van der Waals surface area contributed by atoms with Crippen LogP contribution in [0.3, 0.4) is 0 Å². The first kappa shape index (κ1) is 14.6. The molecule has 0 amide bonds. The maximum atomic E-state index is 9.52. The largest absolute Gasteiger partial charge is 0.393 e. The molecule has 0 aliphatic heterocycles. The van der Waals surface area contributed by atoms with E-state index in [0.29, 0.717) is 6.04 Å². The van der Waals surface area contributed by atoms with Crippen LogP contribution < -0.4 is 5.32 Å². The smallest absolute Gasteiger partial charge is 0.0540 e. The van der Waals surface area contributed by atoms with Gasteiger partial charge in [-0.15, -0.1) is 0 Å². The van der Waals surface area contributed by atoms with Crippen LogP contribution in [0.1, 0.15) is 50.0 Å². The van der Waals surface area contributed by atoms with Gasteiger partial charge in [0.25, 0.3) is 0 Å². The molecule has 2 aliphatic rings. The predicted octanol–water partition coefficient (Wildman–Crippen LogP) is 3.84. The molecule has 0 heterocycles. The van der Waals surface area contributed by atoms with Gasteiger partial charge in [0.05, 0.1) is 6.10 Å². The average molecular weight is 338 g/mol. The van der Waals surface area contributed by atoms with Crippen molar-refractivity contribution >= 4 is 15.9 Å². The second kappa shape index (κ2) is 6.59. The van der Waals surface area contributed by atoms with Crippen molar-refractivity contribution in [2.24, 2.45) is 5.92 Å². The SMILES string of the molecule is OC1CCC(CNC2CC(c3ccc(Br)cc3)C2)CC1. The van der Waals surface area contributed by atoms with E-state index in [1.165, 1.54) is 31.2 Å². The molecule has 20 heavy (non-hydrogen) atoms. The van der Waals surface area contributed by atoms with Crippen molar-refractivity contribution in [1.29, 1.82) is 0 Å². The highest BCUT2D eigenvalue weighted by Gasteiger charge is 2.30. The Hall–Kier alpha value is -0.380. The highest BCUT2D eigenvalue weighted by molar-refractivity contribution is 9.10. The lowest BCUT2D eigenvalue weighted by Gasteiger charge is -2.38. The lowest BCUT2D eigenvalue weighted by molar-refractivity contribution is 0.106. The number of aliphatic hydroxyl groups excluding tert-OH is 1. The van der Waals surface area contributed by atoms with E-state index in [0.717, 1.165) is 35.7 Å². The molecule has 3 heteroatoms. The monoisotopic (exact) mass is 337 g/mol. The number of rotatable bonds is 4. The van der Waals surface area contributed by atoms with Gasteiger partial charge in [0.1, 0.15) is 0 Å². The molecule has 3 rings (SSSR count). The molecule has 0 aromatic heterocycles. The summed E-state index contributed by atoms with van der Waals surface area (Å²) in [5, 5.41) is 13.2. The van der Waals surface area contributed by atoms with E-state index in [4.69, 9.17) is 0 Å². The highest BCUT2D eigenvalue weighted by Crippen LogP contribution is 2.37. The summed E-state index contributed by atoms with van der Waals surface area (Å²) >= 11 is 3.49. The Morgan fingerprint density at radius 3 is 2.35 bits per heavy atom. The zero-order chi connectivity index (χ0) is 13.9. The molecule has 2 saturated carbocycles. The molecule has 0 bridgehead atoms. The molecule has 0 spiro atoms. The van der Waals surface area contributed by atoms with Crippen molar-refractivity contribution in [3.05, 3.63) is 34.3 Å². The summed E-state index contributed by atoms with van der Waals surface area (Å²) in [5.41, 5.74) is 1.48. The van der Waals surface area contributed by atoms with Gasteiger partial charge in [0, 0.05) is 10.5 Å². The first-order chi connectivity index (χ1) is 9.70. The van der Waals surface area contributed by atoms with E-state index >= 15 is 0 Å². The zero-order valence-corrected chi connectivity index (χ0v) is 13.5. The second-order valence-corrected chi connectivity index (χ2v) is 7.42. The molecule has 0 atom stereocenters. The molecular weight excluding hydrogens is 314 g/mol. The molecule has 0 saturated heterocycles. The molecule has 2 fully saturated rings. The third kappa shape index (κ3) is 3.63. The second-order valence-electron chi connectivity index (χ2n) is 6.50. The van der Waals surface area contributed by atoms with E-state index in [2.05, 4.69) is 45.5 Å². The predicted molar refractivity (Wildman–Crippen MR) is 85.9 cm³/mol. The Labute approximate surface area is 130 Å². The standard InChI is InChI=1S/C17H24BrNO/c18-15-5-3-13(4-6-15)14-9-16(10-14)19-11-12-1-7-17(20)8-2-12/h3-6,12,14,16-17,19-20H,1-2,7-11H2. The Morgan fingerprint density at radius 1 is 1.05 bits per heavy atom. The maximum absolute atomic E-state index is 9.52. The number of halogens is 1. The maximum Gasteiger partial charge on any atom is 0.0540 e. The van der Waals surface area contributed by atoms with Gasteiger partial charge in [-0.2, -0.15) is 0 Å². The van der Waals surface area contributed by atoms with Gasteiger partial charge in [-0.3, -0.25) is 0 Å². The van der Waals surface area contributed by atoms with Crippen molar-refractivity contribution in [2.75, 3.05) is 6.54 Å². The van der Waals surface area contributed by atoms with Crippen LogP contribution in [0.4, 0.5) is 0 Å². The van der Waals surface area contributed by atoms with Gasteiger partial charge in [0.2, 0.25) is 0 Å². The van der Waals surface area contributed by atoms with E-state index in [9.17, 15) is 5.11 Å². The number of hydrogen-bond donors (Lipinski definition) is 2. The van der Waals surface area contributed by atoms with E-state index in [1.54, 1.807) is 0 Å². The van der Waals surface area contributed by atoms with Crippen LogP contribution in [0.2, 0.25) is 0 Å². The van der Waals surface area contributed by atoms with Gasteiger partial charge < -0.3 is 10.4 Å². The lowest BCUT2D eigenvalue weighted by Crippen LogP contribution is -2.42. The van der Waals surface area contributed by atoms with Crippen molar-refractivity contribution in [2.45, 2.75) is 56.6 Å². The van der Waals surface area contributed by atoms with E-state index in [-0.39, 0.29) is 6.10 Å². The fourth-order valence-electron chi connectivity index (χ4n) is 3.47. The van der Waals surface area contributed by atoms with Crippen molar-refractivity contribution in [3.63, 3.8) is 0 Å². The van der Waals surface area contributed by atoms with E-state index in [1.807, 2.05) is 0 Å². The molecule has 0 unspecified atom stereocenters.